The number of amides is 1. The maximum absolute atomic E-state index is 10.9. The van der Waals surface area contributed by atoms with Gasteiger partial charge in [-0.05, 0) is 19.9 Å². The van der Waals surface area contributed by atoms with E-state index >= 15 is 0 Å². The number of aliphatic hydroxyl groups is 1. The molecule has 0 radical (unpaired) electrons. The Bertz CT molecular complexity index is 482. The van der Waals surface area contributed by atoms with E-state index in [4.69, 9.17) is 9.66 Å². The summed E-state index contributed by atoms with van der Waals surface area (Å²) in [5.41, 5.74) is 0. The Morgan fingerprint density at radius 2 is 1.77 bits per heavy atom. The summed E-state index contributed by atoms with van der Waals surface area (Å²) in [6, 6.07) is 0. The van der Waals surface area contributed by atoms with Crippen molar-refractivity contribution < 1.29 is 63.4 Å². The first-order valence-corrected chi connectivity index (χ1v) is 7.30. The van der Waals surface area contributed by atoms with Gasteiger partial charge in [-0.1, -0.05) is 13.2 Å². The van der Waals surface area contributed by atoms with Crippen LogP contribution in [0.15, 0.2) is 25.3 Å². The molecule has 2 unspecified atom stereocenters. The quantitative estimate of drug-likeness (QED) is 0.174. The molecule has 0 aliphatic carbocycles. The second-order valence-electron chi connectivity index (χ2n) is 3.99. The summed E-state index contributed by atoms with van der Waals surface area (Å²) < 4.78 is 33.9. The molecule has 0 saturated heterocycles. The molecule has 0 aromatic carbocycles. The first-order chi connectivity index (χ1) is 9.45. The third-order valence-corrected chi connectivity index (χ3v) is 3.21. The molecule has 0 aromatic heterocycles. The molecule has 2 atom stereocenters. The zero-order valence-electron chi connectivity index (χ0n) is 14.2. The number of nitrogens with zero attached hydrogens (tertiary/aromatic N) is 1. The van der Waals surface area contributed by atoms with Gasteiger partial charge in [-0.25, -0.2) is 4.79 Å². The molecule has 124 valence electrons. The van der Waals surface area contributed by atoms with Crippen LogP contribution < -0.4 is 29.6 Å². The van der Waals surface area contributed by atoms with Crippen LogP contribution in [0.3, 0.4) is 0 Å². The van der Waals surface area contributed by atoms with E-state index in [9.17, 15) is 18.0 Å². The van der Waals surface area contributed by atoms with Gasteiger partial charge >= 0.3 is 35.5 Å². The van der Waals surface area contributed by atoms with Crippen LogP contribution in [0.1, 0.15) is 15.3 Å². The van der Waals surface area contributed by atoms with Crippen molar-refractivity contribution in [2.75, 3.05) is 13.6 Å². The van der Waals surface area contributed by atoms with Gasteiger partial charge < -0.3 is 16.2 Å². The molecule has 1 amide bonds. The Morgan fingerprint density at radius 3 is 2.00 bits per heavy atom. The summed E-state index contributed by atoms with van der Waals surface area (Å²) in [5.74, 6) is -0.990. The van der Waals surface area contributed by atoms with Crippen molar-refractivity contribution in [3.8, 4) is 0 Å². The van der Waals surface area contributed by atoms with E-state index in [1.807, 2.05) is 0 Å². The van der Waals surface area contributed by atoms with Crippen LogP contribution in [-0.2, 0) is 24.4 Å². The van der Waals surface area contributed by atoms with Gasteiger partial charge in [0.1, 0.15) is 5.25 Å². The van der Waals surface area contributed by atoms with Crippen molar-refractivity contribution >= 4 is 22.0 Å². The Kier molecular flexibility index (Phi) is 15.2. The standard InChI is InChI=1S/C7H13NO4S.C5H8O3.Na.H/c1-4-7(9)8(3)5-6(2)13(10,11)12;1-3-5(7)8-4(2)6;;/h4,6H,1,5H2,2-3H3,(H,10,11,12);3-4,6H,1H2,2H3;;/q;;+1;-1. The number of esters is 1. The summed E-state index contributed by atoms with van der Waals surface area (Å²) in [5, 5.41) is 7.38. The van der Waals surface area contributed by atoms with E-state index in [-0.39, 0.29) is 43.4 Å². The molecule has 0 bridgehead atoms. The first-order valence-electron chi connectivity index (χ1n) is 5.80. The monoisotopic (exact) mass is 347 g/mol. The molecule has 0 fully saturated rings. The predicted molar refractivity (Wildman–Crippen MR) is 77.9 cm³/mol. The normalized spacial score (nSPS) is 12.4. The number of hydrogen-bond acceptors (Lipinski definition) is 6. The number of aliphatic hydroxyl groups excluding tert-OH is 1. The van der Waals surface area contributed by atoms with Crippen molar-refractivity contribution in [1.82, 2.24) is 4.90 Å². The molecule has 0 heterocycles. The maximum Gasteiger partial charge on any atom is 1.00 e. The van der Waals surface area contributed by atoms with Gasteiger partial charge in [0.2, 0.25) is 5.91 Å². The molecular weight excluding hydrogens is 325 g/mol. The molecule has 0 aromatic rings. The summed E-state index contributed by atoms with van der Waals surface area (Å²) in [6.45, 7) is 8.99. The third-order valence-electron chi connectivity index (χ3n) is 2.04. The predicted octanol–water partition coefficient (Wildman–Crippen LogP) is -2.92. The van der Waals surface area contributed by atoms with Crippen molar-refractivity contribution in [2.45, 2.75) is 25.4 Å². The van der Waals surface area contributed by atoms with Crippen LogP contribution in [0.25, 0.3) is 0 Å². The van der Waals surface area contributed by atoms with Crippen LogP contribution >= 0.6 is 0 Å². The molecule has 2 N–H and O–H groups in total. The van der Waals surface area contributed by atoms with Gasteiger partial charge in [0.05, 0.1) is 0 Å². The first kappa shape index (κ1) is 26.2. The van der Waals surface area contributed by atoms with Gasteiger partial charge in [-0.15, -0.1) is 0 Å². The van der Waals surface area contributed by atoms with E-state index in [1.54, 1.807) is 0 Å². The van der Waals surface area contributed by atoms with Crippen molar-refractivity contribution in [3.63, 3.8) is 0 Å². The summed E-state index contributed by atoms with van der Waals surface area (Å²) in [7, 11) is -2.63. The number of carbonyl (C=O) groups is 2. The van der Waals surface area contributed by atoms with Crippen LogP contribution in [0.2, 0.25) is 0 Å². The fourth-order valence-corrected chi connectivity index (χ4v) is 1.35. The minimum Gasteiger partial charge on any atom is -1.00 e. The van der Waals surface area contributed by atoms with Crippen molar-refractivity contribution in [1.29, 1.82) is 0 Å². The topological polar surface area (TPSA) is 121 Å². The van der Waals surface area contributed by atoms with E-state index < -0.39 is 27.6 Å². The second kappa shape index (κ2) is 12.8. The van der Waals surface area contributed by atoms with Crippen LogP contribution in [0.5, 0.6) is 0 Å². The molecule has 0 spiro atoms. The van der Waals surface area contributed by atoms with Gasteiger partial charge in [0.15, 0.2) is 6.29 Å². The Morgan fingerprint density at radius 1 is 1.32 bits per heavy atom. The van der Waals surface area contributed by atoms with E-state index in [2.05, 4.69) is 17.9 Å². The number of rotatable bonds is 6. The largest absolute Gasteiger partial charge is 1.00 e. The molecule has 22 heavy (non-hydrogen) atoms. The average Bonchev–Trinajstić information content (AvgIpc) is 2.36. The Balaban J connectivity index is -0.000000158. The molecule has 0 saturated carbocycles. The number of ether oxygens (including phenoxy) is 1. The van der Waals surface area contributed by atoms with Gasteiger partial charge in [0.25, 0.3) is 10.1 Å². The van der Waals surface area contributed by atoms with E-state index in [0.717, 1.165) is 12.2 Å². The maximum atomic E-state index is 10.9. The van der Waals surface area contributed by atoms with E-state index in [0.29, 0.717) is 0 Å². The molecular formula is C12H22NNaO7S. The average molecular weight is 347 g/mol. The second-order valence-corrected chi connectivity index (χ2v) is 5.82. The molecule has 0 aliphatic rings. The van der Waals surface area contributed by atoms with Crippen molar-refractivity contribution in [2.24, 2.45) is 0 Å². The zero-order valence-corrected chi connectivity index (χ0v) is 16.0. The molecule has 0 aliphatic heterocycles. The third kappa shape index (κ3) is 14.2. The molecule has 10 heteroatoms. The van der Waals surface area contributed by atoms with Crippen LogP contribution in [0.4, 0.5) is 0 Å². The summed E-state index contributed by atoms with van der Waals surface area (Å²) in [4.78, 5) is 22.2. The zero-order chi connectivity index (χ0) is 17.2. The minimum absolute atomic E-state index is 0. The SMILES string of the molecule is C=CC(=O)N(C)CC(C)S(=O)(=O)O.C=CC(=O)OC(C)O.[H-].[Na+]. The Hall–Kier alpha value is -0.710. The fraction of sp³-hybridized carbons (Fsp3) is 0.500. The molecule has 8 nitrogen and oxygen atoms in total. The minimum atomic E-state index is -4.07. The number of carbonyl (C=O) groups excluding carboxylic acids is 2. The smallest absolute Gasteiger partial charge is 1.00 e. The number of likely N-dealkylation sites (N-methyl/N-ethyl adjacent to an activating group) is 1. The van der Waals surface area contributed by atoms with Crippen LogP contribution in [-0.4, -0.2) is 60.0 Å². The Labute approximate surface area is 154 Å². The van der Waals surface area contributed by atoms with Crippen molar-refractivity contribution in [3.05, 3.63) is 25.3 Å². The van der Waals surface area contributed by atoms with Gasteiger partial charge in [0, 0.05) is 19.7 Å². The molecule has 0 rings (SSSR count). The number of hydrogen-bond donors (Lipinski definition) is 2. The summed E-state index contributed by atoms with van der Waals surface area (Å²) >= 11 is 0. The van der Waals surface area contributed by atoms with Gasteiger partial charge in [-0.3, -0.25) is 9.35 Å². The van der Waals surface area contributed by atoms with Crippen LogP contribution in [0, 0.1) is 0 Å². The van der Waals surface area contributed by atoms with E-state index in [1.165, 1.54) is 25.8 Å². The summed E-state index contributed by atoms with van der Waals surface area (Å²) in [6.07, 6.45) is 1.03. The van der Waals surface area contributed by atoms with Gasteiger partial charge in [-0.2, -0.15) is 8.42 Å². The fourth-order valence-electron chi connectivity index (χ4n) is 0.942.